The summed E-state index contributed by atoms with van der Waals surface area (Å²) in [6.07, 6.45) is 3.20. The van der Waals surface area contributed by atoms with E-state index in [4.69, 9.17) is 4.74 Å². The Kier molecular flexibility index (Phi) is 3.54. The molecule has 0 bridgehead atoms. The maximum Gasteiger partial charge on any atom is 0.161 e. The van der Waals surface area contributed by atoms with Gasteiger partial charge in [-0.2, -0.15) is 0 Å². The van der Waals surface area contributed by atoms with Crippen molar-refractivity contribution in [3.8, 4) is 5.75 Å². The number of aryl methyl sites for hydroxylation is 1. The van der Waals surface area contributed by atoms with Crippen LogP contribution in [0.15, 0.2) is 24.4 Å². The van der Waals surface area contributed by atoms with Gasteiger partial charge in [0.25, 0.3) is 0 Å². The third kappa shape index (κ3) is 2.71. The fourth-order valence-corrected chi connectivity index (χ4v) is 2.46. The number of rotatable bonds is 4. The second kappa shape index (κ2) is 5.10. The van der Waals surface area contributed by atoms with E-state index in [1.807, 2.05) is 19.1 Å². The Hall–Kier alpha value is -1.68. The lowest BCUT2D eigenvalue weighted by atomic mass is 10.1. The summed E-state index contributed by atoms with van der Waals surface area (Å²) in [4.78, 5) is 15.4. The number of benzene rings is 1. The van der Waals surface area contributed by atoms with Gasteiger partial charge < -0.3 is 4.74 Å². The van der Waals surface area contributed by atoms with E-state index in [1.165, 1.54) is 16.9 Å². The minimum absolute atomic E-state index is 0.672. The van der Waals surface area contributed by atoms with E-state index >= 15 is 0 Å². The first-order valence-electron chi connectivity index (χ1n) is 5.26. The molecule has 0 saturated heterocycles. The van der Waals surface area contributed by atoms with E-state index in [0.717, 1.165) is 29.0 Å². The number of methoxy groups -OCH3 is 1. The molecule has 17 heavy (non-hydrogen) atoms. The van der Waals surface area contributed by atoms with Gasteiger partial charge in [0.1, 0.15) is 5.75 Å². The largest absolute Gasteiger partial charge is 0.496 e. The average Bonchev–Trinajstić information content (AvgIpc) is 2.77. The molecule has 2 aromatic rings. The van der Waals surface area contributed by atoms with Gasteiger partial charge in [-0.15, -0.1) is 11.3 Å². The molecule has 1 heterocycles. The Morgan fingerprint density at radius 1 is 1.47 bits per heavy atom. The monoisotopic (exact) mass is 247 g/mol. The van der Waals surface area contributed by atoms with Gasteiger partial charge in [-0.3, -0.25) is 4.79 Å². The van der Waals surface area contributed by atoms with Crippen molar-refractivity contribution in [3.63, 3.8) is 0 Å². The maximum atomic E-state index is 10.6. The SMILES string of the molecule is COc1ccc(Cc2ncc(C=O)s2)cc1C. The number of nitrogens with zero attached hydrogens (tertiary/aromatic N) is 1. The standard InChI is InChI=1S/C13H13NO2S/c1-9-5-10(3-4-12(9)16-2)6-13-14-7-11(8-15)17-13/h3-5,7-8H,6H2,1-2H3. The quantitative estimate of drug-likeness (QED) is 0.780. The molecule has 0 spiro atoms. The molecular weight excluding hydrogens is 234 g/mol. The molecule has 0 atom stereocenters. The predicted molar refractivity (Wildman–Crippen MR) is 68.0 cm³/mol. The van der Waals surface area contributed by atoms with Crippen LogP contribution in [0.4, 0.5) is 0 Å². The second-order valence-electron chi connectivity index (χ2n) is 3.75. The van der Waals surface area contributed by atoms with E-state index in [0.29, 0.717) is 4.88 Å². The number of ether oxygens (including phenoxy) is 1. The molecule has 4 heteroatoms. The van der Waals surface area contributed by atoms with Gasteiger partial charge in [0.15, 0.2) is 6.29 Å². The van der Waals surface area contributed by atoms with Crippen molar-refractivity contribution in [3.05, 3.63) is 45.4 Å². The van der Waals surface area contributed by atoms with Crippen LogP contribution in [0.2, 0.25) is 0 Å². The van der Waals surface area contributed by atoms with E-state index in [9.17, 15) is 4.79 Å². The third-order valence-electron chi connectivity index (χ3n) is 2.50. The number of carbonyl (C=O) groups excluding carboxylic acids is 1. The summed E-state index contributed by atoms with van der Waals surface area (Å²) in [5.74, 6) is 0.890. The van der Waals surface area contributed by atoms with E-state index in [2.05, 4.69) is 11.1 Å². The Balaban J connectivity index is 2.18. The fraction of sp³-hybridized carbons (Fsp3) is 0.231. The van der Waals surface area contributed by atoms with Gasteiger partial charge in [-0.1, -0.05) is 12.1 Å². The minimum atomic E-state index is 0.672. The van der Waals surface area contributed by atoms with Crippen molar-refractivity contribution in [1.82, 2.24) is 4.98 Å². The minimum Gasteiger partial charge on any atom is -0.496 e. The molecule has 2 rings (SSSR count). The van der Waals surface area contributed by atoms with Crippen LogP contribution in [-0.2, 0) is 6.42 Å². The lowest BCUT2D eigenvalue weighted by molar-refractivity contribution is 0.112. The number of carbonyl (C=O) groups is 1. The fourth-order valence-electron chi connectivity index (χ4n) is 1.69. The molecule has 1 aromatic heterocycles. The van der Waals surface area contributed by atoms with Crippen molar-refractivity contribution < 1.29 is 9.53 Å². The van der Waals surface area contributed by atoms with Crippen LogP contribution >= 0.6 is 11.3 Å². The van der Waals surface area contributed by atoms with Gasteiger partial charge in [-0.05, 0) is 24.1 Å². The summed E-state index contributed by atoms with van der Waals surface area (Å²) in [6, 6.07) is 6.06. The number of aldehydes is 1. The summed E-state index contributed by atoms with van der Waals surface area (Å²) in [5, 5.41) is 0.955. The molecule has 0 aliphatic carbocycles. The number of thiazole rings is 1. The zero-order valence-electron chi connectivity index (χ0n) is 9.77. The highest BCUT2D eigenvalue weighted by Gasteiger charge is 2.04. The zero-order chi connectivity index (χ0) is 12.3. The third-order valence-corrected chi connectivity index (χ3v) is 3.42. The molecule has 0 saturated carbocycles. The summed E-state index contributed by atoms with van der Waals surface area (Å²) >= 11 is 1.43. The lowest BCUT2D eigenvalue weighted by Gasteiger charge is -2.06. The van der Waals surface area contributed by atoms with Gasteiger partial charge in [0, 0.05) is 12.6 Å². The number of aromatic nitrogens is 1. The molecule has 88 valence electrons. The van der Waals surface area contributed by atoms with Crippen molar-refractivity contribution in [2.45, 2.75) is 13.3 Å². The smallest absolute Gasteiger partial charge is 0.161 e. The number of hydrogen-bond acceptors (Lipinski definition) is 4. The second-order valence-corrected chi connectivity index (χ2v) is 4.90. The molecule has 0 fully saturated rings. The summed E-state index contributed by atoms with van der Waals surface area (Å²) in [7, 11) is 1.67. The Morgan fingerprint density at radius 3 is 2.88 bits per heavy atom. The summed E-state index contributed by atoms with van der Waals surface area (Å²) in [6.45, 7) is 2.01. The van der Waals surface area contributed by atoms with Gasteiger partial charge in [-0.25, -0.2) is 4.98 Å². The zero-order valence-corrected chi connectivity index (χ0v) is 10.6. The van der Waals surface area contributed by atoms with Crippen LogP contribution in [0, 0.1) is 6.92 Å². The van der Waals surface area contributed by atoms with E-state index < -0.39 is 0 Å². The van der Waals surface area contributed by atoms with Crippen LogP contribution < -0.4 is 4.74 Å². The molecule has 0 aliphatic rings. The highest BCUT2D eigenvalue weighted by Crippen LogP contribution is 2.21. The highest BCUT2D eigenvalue weighted by atomic mass is 32.1. The molecule has 0 N–H and O–H groups in total. The first-order valence-corrected chi connectivity index (χ1v) is 6.08. The van der Waals surface area contributed by atoms with Crippen LogP contribution in [0.5, 0.6) is 5.75 Å². The first-order chi connectivity index (χ1) is 8.22. The van der Waals surface area contributed by atoms with Crippen molar-refractivity contribution in [2.75, 3.05) is 7.11 Å². The molecule has 0 unspecified atom stereocenters. The van der Waals surface area contributed by atoms with E-state index in [-0.39, 0.29) is 0 Å². The molecule has 3 nitrogen and oxygen atoms in total. The topological polar surface area (TPSA) is 39.2 Å². The van der Waals surface area contributed by atoms with Gasteiger partial charge >= 0.3 is 0 Å². The van der Waals surface area contributed by atoms with Gasteiger partial charge in [0.05, 0.1) is 17.0 Å². The summed E-state index contributed by atoms with van der Waals surface area (Å²) in [5.41, 5.74) is 2.28. The molecule has 0 radical (unpaired) electrons. The maximum absolute atomic E-state index is 10.6. The van der Waals surface area contributed by atoms with Crippen LogP contribution in [-0.4, -0.2) is 18.4 Å². The molecule has 1 aromatic carbocycles. The lowest BCUT2D eigenvalue weighted by Crippen LogP contribution is -1.91. The van der Waals surface area contributed by atoms with Crippen LogP contribution in [0.3, 0.4) is 0 Å². The highest BCUT2D eigenvalue weighted by molar-refractivity contribution is 7.13. The van der Waals surface area contributed by atoms with Gasteiger partial charge in [0.2, 0.25) is 0 Å². The van der Waals surface area contributed by atoms with Crippen molar-refractivity contribution >= 4 is 17.6 Å². The average molecular weight is 247 g/mol. The Bertz CT molecular complexity index is 534. The number of hydrogen-bond donors (Lipinski definition) is 0. The molecule has 0 aliphatic heterocycles. The summed E-state index contributed by atoms with van der Waals surface area (Å²) < 4.78 is 5.21. The molecular formula is C13H13NO2S. The predicted octanol–water partition coefficient (Wildman–Crippen LogP) is 2.86. The van der Waals surface area contributed by atoms with Crippen LogP contribution in [0.25, 0.3) is 0 Å². The Labute approximate surface area is 104 Å². The first kappa shape index (κ1) is 11.8. The van der Waals surface area contributed by atoms with E-state index in [1.54, 1.807) is 13.3 Å². The van der Waals surface area contributed by atoms with Crippen molar-refractivity contribution in [1.29, 1.82) is 0 Å². The normalized spacial score (nSPS) is 10.2. The van der Waals surface area contributed by atoms with Crippen molar-refractivity contribution in [2.24, 2.45) is 0 Å². The van der Waals surface area contributed by atoms with Crippen LogP contribution in [0.1, 0.15) is 25.8 Å². The molecule has 0 amide bonds. The Morgan fingerprint density at radius 2 is 2.29 bits per heavy atom.